The molecular formula is C27H26F4N2O2S. The maximum atomic E-state index is 14.2. The molecule has 1 unspecified atom stereocenters. The largest absolute Gasteiger partial charge is 0.416 e. The van der Waals surface area contributed by atoms with Gasteiger partial charge in [-0.15, -0.1) is 11.3 Å². The smallest absolute Gasteiger partial charge is 0.351 e. The van der Waals surface area contributed by atoms with Gasteiger partial charge in [0.1, 0.15) is 11.9 Å². The summed E-state index contributed by atoms with van der Waals surface area (Å²) in [5.41, 5.74) is -0.500. The molecule has 4 rings (SSSR count). The Morgan fingerprint density at radius 2 is 1.72 bits per heavy atom. The number of nitrogens with one attached hydrogen (secondary N) is 1. The van der Waals surface area contributed by atoms with E-state index in [9.17, 15) is 27.2 Å². The first-order valence-corrected chi connectivity index (χ1v) is 12.7. The summed E-state index contributed by atoms with van der Waals surface area (Å²) in [5, 5.41) is 4.81. The third kappa shape index (κ3) is 6.32. The van der Waals surface area contributed by atoms with Crippen LogP contribution in [0.15, 0.2) is 66.0 Å². The zero-order valence-corrected chi connectivity index (χ0v) is 20.2. The molecule has 0 spiro atoms. The lowest BCUT2D eigenvalue weighted by Crippen LogP contribution is -2.47. The average molecular weight is 519 g/mol. The van der Waals surface area contributed by atoms with Crippen LogP contribution in [0.1, 0.15) is 54.1 Å². The molecule has 1 aliphatic carbocycles. The molecule has 1 aliphatic rings. The Balaban J connectivity index is 1.76. The fourth-order valence-corrected chi connectivity index (χ4v) is 5.21. The molecule has 2 amide bonds. The highest BCUT2D eigenvalue weighted by Crippen LogP contribution is 2.34. The van der Waals surface area contributed by atoms with Crippen molar-refractivity contribution in [1.29, 1.82) is 0 Å². The van der Waals surface area contributed by atoms with Crippen LogP contribution in [-0.4, -0.2) is 17.9 Å². The zero-order chi connectivity index (χ0) is 25.7. The number of rotatable bonds is 7. The Morgan fingerprint density at radius 1 is 1.00 bits per heavy atom. The minimum absolute atomic E-state index is 0.0397. The van der Waals surface area contributed by atoms with Crippen LogP contribution in [0.4, 0.5) is 23.2 Å². The second-order valence-corrected chi connectivity index (χ2v) is 9.90. The summed E-state index contributed by atoms with van der Waals surface area (Å²) in [6.07, 6.45) is -0.0220. The van der Waals surface area contributed by atoms with E-state index in [1.807, 2.05) is 5.38 Å². The van der Waals surface area contributed by atoms with Crippen molar-refractivity contribution in [2.45, 2.75) is 56.8 Å². The van der Waals surface area contributed by atoms with Crippen molar-refractivity contribution in [3.05, 3.63) is 87.9 Å². The van der Waals surface area contributed by atoms with Gasteiger partial charge < -0.3 is 5.32 Å². The molecule has 9 heteroatoms. The van der Waals surface area contributed by atoms with E-state index >= 15 is 0 Å². The maximum absolute atomic E-state index is 14.2. The van der Waals surface area contributed by atoms with Gasteiger partial charge in [-0.25, -0.2) is 4.39 Å². The molecule has 1 saturated carbocycles. The van der Waals surface area contributed by atoms with Crippen molar-refractivity contribution >= 4 is 28.8 Å². The molecule has 0 aliphatic heterocycles. The normalized spacial score (nSPS) is 15.3. The van der Waals surface area contributed by atoms with Crippen LogP contribution < -0.4 is 10.2 Å². The van der Waals surface area contributed by atoms with Gasteiger partial charge in [0.2, 0.25) is 11.8 Å². The number of carbonyl (C=O) groups excluding carboxylic acids is 2. The maximum Gasteiger partial charge on any atom is 0.416 e. The lowest BCUT2D eigenvalue weighted by molar-refractivity contribution is -0.137. The predicted molar refractivity (Wildman–Crippen MR) is 131 cm³/mol. The summed E-state index contributed by atoms with van der Waals surface area (Å²) in [4.78, 5) is 29.2. The van der Waals surface area contributed by atoms with E-state index in [4.69, 9.17) is 0 Å². The van der Waals surface area contributed by atoms with Crippen molar-refractivity contribution in [3.8, 4) is 0 Å². The van der Waals surface area contributed by atoms with Crippen LogP contribution in [0.5, 0.6) is 0 Å². The summed E-state index contributed by atoms with van der Waals surface area (Å²) in [7, 11) is 0. The summed E-state index contributed by atoms with van der Waals surface area (Å²) < 4.78 is 53.9. The van der Waals surface area contributed by atoms with E-state index in [1.54, 1.807) is 12.1 Å². The Morgan fingerprint density at radius 3 is 2.33 bits per heavy atom. The monoisotopic (exact) mass is 518 g/mol. The Hall–Kier alpha value is -3.20. The number of carbonyl (C=O) groups is 2. The third-order valence-corrected chi connectivity index (χ3v) is 7.15. The molecular weight excluding hydrogens is 492 g/mol. The van der Waals surface area contributed by atoms with Crippen LogP contribution in [-0.2, 0) is 22.2 Å². The Bertz CT molecular complexity index is 1170. The highest BCUT2D eigenvalue weighted by Gasteiger charge is 2.36. The van der Waals surface area contributed by atoms with Crippen LogP contribution in [0.25, 0.3) is 0 Å². The van der Waals surface area contributed by atoms with Gasteiger partial charge in [-0.3, -0.25) is 14.5 Å². The van der Waals surface area contributed by atoms with E-state index in [0.717, 1.165) is 55.2 Å². The molecule has 4 nitrogen and oxygen atoms in total. The molecule has 2 aromatic carbocycles. The minimum atomic E-state index is -4.55. The van der Waals surface area contributed by atoms with Gasteiger partial charge in [-0.2, -0.15) is 13.2 Å². The molecule has 0 bridgehead atoms. The summed E-state index contributed by atoms with van der Waals surface area (Å²) in [6.45, 7) is 0. The number of anilines is 1. The molecule has 1 heterocycles. The summed E-state index contributed by atoms with van der Waals surface area (Å²) >= 11 is 1.37. The number of amides is 2. The zero-order valence-electron chi connectivity index (χ0n) is 19.4. The van der Waals surface area contributed by atoms with E-state index in [2.05, 4.69) is 5.32 Å². The van der Waals surface area contributed by atoms with E-state index < -0.39 is 35.4 Å². The van der Waals surface area contributed by atoms with Crippen molar-refractivity contribution in [1.82, 2.24) is 5.32 Å². The fraction of sp³-hybridized carbons (Fsp3) is 0.333. The Kier molecular flexibility index (Phi) is 8.08. The van der Waals surface area contributed by atoms with Gasteiger partial charge in [0, 0.05) is 16.6 Å². The second-order valence-electron chi connectivity index (χ2n) is 8.87. The minimum Gasteiger partial charge on any atom is -0.351 e. The fourth-order valence-electron chi connectivity index (χ4n) is 4.51. The molecule has 1 atom stereocenters. The summed E-state index contributed by atoms with van der Waals surface area (Å²) in [6, 6.07) is 11.7. The molecule has 36 heavy (non-hydrogen) atoms. The van der Waals surface area contributed by atoms with Gasteiger partial charge in [-0.05, 0) is 60.2 Å². The van der Waals surface area contributed by atoms with Crippen molar-refractivity contribution < 1.29 is 27.2 Å². The first-order valence-electron chi connectivity index (χ1n) is 11.8. The lowest BCUT2D eigenvalue weighted by atomic mass is 9.94. The van der Waals surface area contributed by atoms with Gasteiger partial charge in [0.05, 0.1) is 12.0 Å². The standard InChI is InChI=1S/C27H26F4N2O2S/c28-20-6-4-9-22(16-20)33(24(34)17-23-10-5-15-36-23)25(26(35)32-21-7-2-1-3-8-21)18-11-13-19(14-12-18)27(29,30)31/h4-6,9-16,21,25H,1-3,7-8,17H2,(H,32,35). The van der Waals surface area contributed by atoms with E-state index in [1.165, 1.54) is 46.6 Å². The predicted octanol–water partition coefficient (Wildman–Crippen LogP) is 6.67. The summed E-state index contributed by atoms with van der Waals surface area (Å²) in [5.74, 6) is -1.57. The van der Waals surface area contributed by atoms with E-state index in [0.29, 0.717) is 0 Å². The highest BCUT2D eigenvalue weighted by molar-refractivity contribution is 7.10. The van der Waals surface area contributed by atoms with Crippen LogP contribution in [0, 0.1) is 5.82 Å². The quantitative estimate of drug-likeness (QED) is 0.355. The topological polar surface area (TPSA) is 49.4 Å². The van der Waals surface area contributed by atoms with Crippen molar-refractivity contribution in [2.24, 2.45) is 0 Å². The molecule has 0 radical (unpaired) electrons. The van der Waals surface area contributed by atoms with Crippen LogP contribution in [0.3, 0.4) is 0 Å². The first kappa shape index (κ1) is 25.9. The van der Waals surface area contributed by atoms with Gasteiger partial charge in [-0.1, -0.05) is 43.5 Å². The number of nitrogens with zero attached hydrogens (tertiary/aromatic N) is 1. The Labute approximate surface area is 210 Å². The molecule has 0 saturated heterocycles. The number of thiophene rings is 1. The molecule has 190 valence electrons. The third-order valence-electron chi connectivity index (χ3n) is 6.27. The SMILES string of the molecule is O=C(NC1CCCCC1)C(c1ccc(C(F)(F)F)cc1)N(C(=O)Cc1cccs1)c1cccc(F)c1. The number of benzene rings is 2. The van der Waals surface area contributed by atoms with Crippen molar-refractivity contribution in [3.63, 3.8) is 0 Å². The van der Waals surface area contributed by atoms with Gasteiger partial charge >= 0.3 is 6.18 Å². The second kappa shape index (κ2) is 11.2. The van der Waals surface area contributed by atoms with Crippen molar-refractivity contribution in [2.75, 3.05) is 4.90 Å². The van der Waals surface area contributed by atoms with Gasteiger partial charge in [0.25, 0.3) is 0 Å². The van der Waals surface area contributed by atoms with Crippen LogP contribution >= 0.6 is 11.3 Å². The average Bonchev–Trinajstić information content (AvgIpc) is 3.35. The molecule has 1 N–H and O–H groups in total. The first-order chi connectivity index (χ1) is 17.2. The van der Waals surface area contributed by atoms with Gasteiger partial charge in [0.15, 0.2) is 0 Å². The highest BCUT2D eigenvalue weighted by atomic mass is 32.1. The van der Waals surface area contributed by atoms with Crippen LogP contribution in [0.2, 0.25) is 0 Å². The molecule has 1 fully saturated rings. The number of hydrogen-bond acceptors (Lipinski definition) is 3. The number of halogens is 4. The number of hydrogen-bond donors (Lipinski definition) is 1. The number of alkyl halides is 3. The lowest BCUT2D eigenvalue weighted by Gasteiger charge is -2.33. The molecule has 1 aromatic heterocycles. The van der Waals surface area contributed by atoms with E-state index in [-0.39, 0.29) is 23.7 Å². The molecule has 3 aromatic rings.